The van der Waals surface area contributed by atoms with Crippen molar-refractivity contribution in [2.45, 2.75) is 44.2 Å². The Kier molecular flexibility index (Phi) is 7.40. The first-order valence-corrected chi connectivity index (χ1v) is 12.7. The zero-order valence-corrected chi connectivity index (χ0v) is 21.5. The van der Waals surface area contributed by atoms with Crippen LogP contribution in [0, 0.1) is 0 Å². The van der Waals surface area contributed by atoms with E-state index in [-0.39, 0.29) is 35.2 Å². The lowest BCUT2D eigenvalue weighted by Gasteiger charge is -2.35. The first kappa shape index (κ1) is 26.5. The average molecular weight is 539 g/mol. The summed E-state index contributed by atoms with van der Waals surface area (Å²) in [5.74, 6) is 0.320. The molecule has 4 N–H and O–H groups in total. The maximum atomic E-state index is 13.0. The summed E-state index contributed by atoms with van der Waals surface area (Å²) in [6.07, 6.45) is -2.40. The fourth-order valence-corrected chi connectivity index (χ4v) is 4.69. The number of carbonyl (C=O) groups excluding carboxylic acids is 1. The van der Waals surface area contributed by atoms with Gasteiger partial charge in [0.05, 0.1) is 20.3 Å². The third-order valence-electron chi connectivity index (χ3n) is 6.76. The molecule has 0 fully saturated rings. The number of aliphatic hydroxyl groups excluding tert-OH is 2. The van der Waals surface area contributed by atoms with Crippen LogP contribution in [-0.4, -0.2) is 58.7 Å². The van der Waals surface area contributed by atoms with Crippen molar-refractivity contribution in [3.63, 3.8) is 0 Å². The summed E-state index contributed by atoms with van der Waals surface area (Å²) in [5, 5.41) is 41.2. The van der Waals surface area contributed by atoms with Gasteiger partial charge in [0.25, 0.3) is 0 Å². The van der Waals surface area contributed by atoms with Crippen molar-refractivity contribution in [2.75, 3.05) is 20.3 Å². The van der Waals surface area contributed by atoms with E-state index in [1.165, 1.54) is 25.3 Å². The van der Waals surface area contributed by atoms with Gasteiger partial charge in [-0.05, 0) is 36.2 Å². The van der Waals surface area contributed by atoms with Gasteiger partial charge in [0.15, 0.2) is 47.4 Å². The van der Waals surface area contributed by atoms with Crippen molar-refractivity contribution in [3.05, 3.63) is 65.2 Å². The van der Waals surface area contributed by atoms with Gasteiger partial charge in [-0.2, -0.15) is 0 Å². The molecule has 2 heterocycles. The minimum absolute atomic E-state index is 0.0421. The van der Waals surface area contributed by atoms with E-state index in [1.54, 1.807) is 30.3 Å². The molecule has 2 unspecified atom stereocenters. The van der Waals surface area contributed by atoms with Crippen LogP contribution in [0.25, 0.3) is 0 Å². The highest BCUT2D eigenvalue weighted by Gasteiger charge is 2.40. The van der Waals surface area contributed by atoms with Crippen molar-refractivity contribution in [2.24, 2.45) is 0 Å². The summed E-state index contributed by atoms with van der Waals surface area (Å²) in [4.78, 5) is 13.0. The number of hydrogen-bond donors (Lipinski definition) is 4. The summed E-state index contributed by atoms with van der Waals surface area (Å²) in [6, 6.07) is 12.4. The van der Waals surface area contributed by atoms with E-state index in [4.69, 9.17) is 23.7 Å². The Morgan fingerprint density at radius 3 is 2.36 bits per heavy atom. The average Bonchev–Trinajstić information content (AvgIpc) is 2.94. The maximum Gasteiger partial charge on any atom is 0.202 e. The maximum absolute atomic E-state index is 13.0. The molecule has 2 aliphatic heterocycles. The largest absolute Gasteiger partial charge is 0.507 e. The minimum Gasteiger partial charge on any atom is -0.507 e. The normalized spacial score (nSPS) is 21.6. The predicted octanol–water partition coefficient (Wildman–Crippen LogP) is 3.84. The molecule has 10 heteroatoms. The van der Waals surface area contributed by atoms with Crippen LogP contribution in [0.15, 0.2) is 48.5 Å². The third-order valence-corrected chi connectivity index (χ3v) is 6.76. The fourth-order valence-electron chi connectivity index (χ4n) is 4.69. The molecule has 0 saturated carbocycles. The summed E-state index contributed by atoms with van der Waals surface area (Å²) < 4.78 is 29.1. The lowest BCUT2D eigenvalue weighted by Crippen LogP contribution is -2.37. The number of aromatic hydroxyl groups is 2. The predicted molar refractivity (Wildman–Crippen MR) is 138 cm³/mol. The topological polar surface area (TPSA) is 144 Å². The van der Waals surface area contributed by atoms with Gasteiger partial charge in [0, 0.05) is 17.7 Å². The number of benzene rings is 3. The highest BCUT2D eigenvalue weighted by Crippen LogP contribution is 2.46. The summed E-state index contributed by atoms with van der Waals surface area (Å²) in [5.41, 5.74) is 0.931. The van der Waals surface area contributed by atoms with E-state index in [0.29, 0.717) is 35.0 Å². The Labute approximate surface area is 224 Å². The summed E-state index contributed by atoms with van der Waals surface area (Å²) >= 11 is 0. The second-order valence-corrected chi connectivity index (χ2v) is 9.38. The molecule has 0 bridgehead atoms. The molecule has 10 nitrogen and oxygen atoms in total. The van der Waals surface area contributed by atoms with Crippen LogP contribution in [0.4, 0.5) is 0 Å². The minimum atomic E-state index is -1.58. The van der Waals surface area contributed by atoms with Crippen molar-refractivity contribution in [1.29, 1.82) is 0 Å². The Morgan fingerprint density at radius 1 is 0.872 bits per heavy atom. The number of phenols is 2. The number of ether oxygens (including phenoxy) is 5. The molecule has 2 aliphatic rings. The monoisotopic (exact) mass is 538 g/mol. The number of Topliss-reactive ketones (excluding diaryl/α,β-unsaturated/α-hetero) is 1. The Hall–Kier alpha value is -4.15. The van der Waals surface area contributed by atoms with Gasteiger partial charge >= 0.3 is 0 Å². The molecule has 0 aromatic heterocycles. The van der Waals surface area contributed by atoms with E-state index in [1.807, 2.05) is 6.92 Å². The second kappa shape index (κ2) is 10.9. The molecule has 0 spiro atoms. The molecule has 4 atom stereocenters. The fraction of sp³-hybridized carbons (Fsp3) is 0.345. The Morgan fingerprint density at radius 2 is 1.62 bits per heavy atom. The van der Waals surface area contributed by atoms with E-state index in [2.05, 4.69) is 0 Å². The summed E-state index contributed by atoms with van der Waals surface area (Å²) in [7, 11) is 1.43. The number of rotatable bonds is 8. The SMILES string of the molecule is CCCCOc1cc(O)c2c(c1)O[C@H](c1ccc3c(c1)OC(c1ccc(O)c(OC)c1)C(CO)O3)[C@@H](O)C2=O. The molecule has 39 heavy (non-hydrogen) atoms. The number of methoxy groups -OCH3 is 1. The standard InChI is InChI=1S/C29H30O10/c1-3-4-9-36-17-12-19(32)25-23(13-17)39-29(27(34)26(25)33)16-6-8-20-22(11-16)38-28(24(14-30)37-20)15-5-7-18(31)21(10-15)35-2/h5-8,10-13,24,27-32,34H,3-4,9,14H2,1-2H3/t24?,27-,28?,29+/m0/s1. The molecule has 3 aromatic carbocycles. The third kappa shape index (κ3) is 5.00. The molecule has 5 rings (SSSR count). The smallest absolute Gasteiger partial charge is 0.202 e. The molecular weight excluding hydrogens is 508 g/mol. The molecule has 206 valence electrons. The van der Waals surface area contributed by atoms with E-state index < -0.39 is 30.2 Å². The summed E-state index contributed by atoms with van der Waals surface area (Å²) in [6.45, 7) is 2.14. The van der Waals surface area contributed by atoms with Gasteiger partial charge in [-0.3, -0.25) is 4.79 Å². The number of carbonyl (C=O) groups is 1. The molecule has 0 aliphatic carbocycles. The number of phenolic OH excluding ortho intramolecular Hbond substituents is 2. The van der Waals surface area contributed by atoms with Gasteiger partial charge in [-0.25, -0.2) is 0 Å². The Bertz CT molecular complexity index is 1370. The number of aliphatic hydroxyl groups is 2. The van der Waals surface area contributed by atoms with Crippen LogP contribution in [-0.2, 0) is 0 Å². The van der Waals surface area contributed by atoms with Crippen LogP contribution in [0.3, 0.4) is 0 Å². The van der Waals surface area contributed by atoms with Crippen LogP contribution in [0.5, 0.6) is 40.2 Å². The zero-order chi connectivity index (χ0) is 27.7. The van der Waals surface area contributed by atoms with Gasteiger partial charge in [-0.1, -0.05) is 25.5 Å². The highest BCUT2D eigenvalue weighted by atomic mass is 16.6. The van der Waals surface area contributed by atoms with Crippen molar-refractivity contribution in [3.8, 4) is 40.2 Å². The number of hydrogen-bond acceptors (Lipinski definition) is 10. The van der Waals surface area contributed by atoms with Crippen LogP contribution < -0.4 is 23.7 Å². The van der Waals surface area contributed by atoms with Crippen LogP contribution in [0.2, 0.25) is 0 Å². The van der Waals surface area contributed by atoms with Gasteiger partial charge in [0.2, 0.25) is 5.78 Å². The lowest BCUT2D eigenvalue weighted by molar-refractivity contribution is -0.0130. The van der Waals surface area contributed by atoms with Gasteiger partial charge in [0.1, 0.15) is 22.8 Å². The van der Waals surface area contributed by atoms with Crippen molar-refractivity contribution >= 4 is 5.78 Å². The van der Waals surface area contributed by atoms with E-state index in [9.17, 15) is 25.2 Å². The lowest BCUT2D eigenvalue weighted by atomic mass is 9.92. The first-order valence-electron chi connectivity index (χ1n) is 12.7. The quantitative estimate of drug-likeness (QED) is 0.312. The Balaban J connectivity index is 1.45. The zero-order valence-electron chi connectivity index (χ0n) is 21.5. The molecule has 0 saturated heterocycles. The number of unbranched alkanes of at least 4 members (excludes halogenated alkanes) is 1. The number of ketones is 1. The van der Waals surface area contributed by atoms with E-state index in [0.717, 1.165) is 12.8 Å². The molecule has 0 radical (unpaired) electrons. The van der Waals surface area contributed by atoms with Crippen molar-refractivity contribution in [1.82, 2.24) is 0 Å². The van der Waals surface area contributed by atoms with Crippen LogP contribution >= 0.6 is 0 Å². The number of fused-ring (bicyclic) bond motifs is 2. The molecule has 3 aromatic rings. The first-order chi connectivity index (χ1) is 18.8. The molecule has 0 amide bonds. The van der Waals surface area contributed by atoms with Gasteiger partial charge in [-0.15, -0.1) is 0 Å². The van der Waals surface area contributed by atoms with Crippen molar-refractivity contribution < 1.29 is 48.9 Å². The molecular formula is C29H30O10. The second-order valence-electron chi connectivity index (χ2n) is 9.38. The highest BCUT2D eigenvalue weighted by molar-refractivity contribution is 6.05. The van der Waals surface area contributed by atoms with Crippen LogP contribution in [0.1, 0.15) is 53.5 Å². The van der Waals surface area contributed by atoms with E-state index >= 15 is 0 Å². The van der Waals surface area contributed by atoms with Gasteiger partial charge < -0.3 is 44.1 Å².